The molecule has 1 aliphatic rings. The summed E-state index contributed by atoms with van der Waals surface area (Å²) in [5, 5.41) is 12.7. The summed E-state index contributed by atoms with van der Waals surface area (Å²) in [5.74, 6) is 1.06. The van der Waals surface area contributed by atoms with Crippen molar-refractivity contribution in [2.24, 2.45) is 17.3 Å². The van der Waals surface area contributed by atoms with Gasteiger partial charge in [-0.25, -0.2) is 0 Å². The van der Waals surface area contributed by atoms with Crippen LogP contribution >= 0.6 is 0 Å². The Hall–Kier alpha value is -0.610. The topological polar surface area (TPSA) is 58.6 Å². The minimum absolute atomic E-state index is 0.0480. The third kappa shape index (κ3) is 6.23. The largest absolute Gasteiger partial charge is 0.391 e. The molecule has 0 aliphatic carbocycles. The van der Waals surface area contributed by atoms with E-state index in [1.807, 2.05) is 13.8 Å². The number of aliphatic hydroxyl groups excluding tert-OH is 1. The number of ether oxygens (including phenoxy) is 1. The van der Waals surface area contributed by atoms with Crippen LogP contribution in [0.1, 0.15) is 53.4 Å². The molecular formula is C16H31NO3. The van der Waals surface area contributed by atoms with Crippen LogP contribution in [0.25, 0.3) is 0 Å². The number of rotatable bonds is 7. The summed E-state index contributed by atoms with van der Waals surface area (Å²) in [5.41, 5.74) is -0.375. The number of hydrogen-bond donors (Lipinski definition) is 2. The molecule has 1 aliphatic heterocycles. The van der Waals surface area contributed by atoms with E-state index < -0.39 is 6.10 Å². The monoisotopic (exact) mass is 285 g/mol. The highest BCUT2D eigenvalue weighted by atomic mass is 16.5. The van der Waals surface area contributed by atoms with E-state index in [0.29, 0.717) is 18.4 Å². The van der Waals surface area contributed by atoms with Crippen LogP contribution in [0, 0.1) is 17.3 Å². The van der Waals surface area contributed by atoms with Gasteiger partial charge in [0, 0.05) is 25.2 Å². The Bertz CT molecular complexity index is 296. The molecule has 4 nitrogen and oxygen atoms in total. The summed E-state index contributed by atoms with van der Waals surface area (Å²) < 4.78 is 5.36. The molecule has 0 saturated carbocycles. The van der Waals surface area contributed by atoms with Crippen LogP contribution < -0.4 is 5.32 Å². The van der Waals surface area contributed by atoms with Crippen molar-refractivity contribution >= 4 is 5.91 Å². The van der Waals surface area contributed by atoms with E-state index in [1.54, 1.807) is 0 Å². The van der Waals surface area contributed by atoms with Gasteiger partial charge < -0.3 is 15.2 Å². The van der Waals surface area contributed by atoms with Gasteiger partial charge in [0.2, 0.25) is 5.91 Å². The third-order valence-corrected chi connectivity index (χ3v) is 4.00. The van der Waals surface area contributed by atoms with Crippen LogP contribution in [0.3, 0.4) is 0 Å². The Labute approximate surface area is 123 Å². The van der Waals surface area contributed by atoms with Gasteiger partial charge in [0.15, 0.2) is 0 Å². The standard InChI is InChI=1S/C16H31NO3/c1-12(2)9-14(18)11-17-15(19)16(3,4)10-13-5-7-20-8-6-13/h12-14,18H,5-11H2,1-4H3,(H,17,19). The molecule has 118 valence electrons. The zero-order valence-electron chi connectivity index (χ0n) is 13.4. The highest BCUT2D eigenvalue weighted by molar-refractivity contribution is 5.81. The zero-order chi connectivity index (χ0) is 15.2. The summed E-state index contributed by atoms with van der Waals surface area (Å²) in [6, 6.07) is 0. The average molecular weight is 285 g/mol. The minimum Gasteiger partial charge on any atom is -0.391 e. The Morgan fingerprint density at radius 1 is 1.35 bits per heavy atom. The fourth-order valence-electron chi connectivity index (χ4n) is 2.84. The number of nitrogens with one attached hydrogen (secondary N) is 1. The summed E-state index contributed by atoms with van der Waals surface area (Å²) in [7, 11) is 0. The van der Waals surface area contributed by atoms with Crippen LogP contribution in [-0.4, -0.2) is 36.9 Å². The molecule has 1 heterocycles. The van der Waals surface area contributed by atoms with Crippen molar-refractivity contribution in [2.45, 2.75) is 59.5 Å². The molecule has 1 unspecified atom stereocenters. The molecule has 0 aromatic rings. The number of aliphatic hydroxyl groups is 1. The lowest BCUT2D eigenvalue weighted by Crippen LogP contribution is -2.42. The Morgan fingerprint density at radius 3 is 2.50 bits per heavy atom. The molecule has 1 atom stereocenters. The van der Waals surface area contributed by atoms with E-state index in [-0.39, 0.29) is 11.3 Å². The lowest BCUT2D eigenvalue weighted by Gasteiger charge is -2.31. The van der Waals surface area contributed by atoms with Crippen LogP contribution in [0.4, 0.5) is 0 Å². The van der Waals surface area contributed by atoms with Crippen LogP contribution in [-0.2, 0) is 9.53 Å². The van der Waals surface area contributed by atoms with E-state index in [9.17, 15) is 9.90 Å². The first kappa shape index (κ1) is 17.4. The van der Waals surface area contributed by atoms with Crippen molar-refractivity contribution in [1.29, 1.82) is 0 Å². The van der Waals surface area contributed by atoms with E-state index in [0.717, 1.165) is 38.9 Å². The van der Waals surface area contributed by atoms with Crippen molar-refractivity contribution in [1.82, 2.24) is 5.32 Å². The highest BCUT2D eigenvalue weighted by Crippen LogP contribution is 2.31. The molecule has 2 N–H and O–H groups in total. The molecule has 1 amide bonds. The first-order valence-corrected chi connectivity index (χ1v) is 7.85. The first-order valence-electron chi connectivity index (χ1n) is 7.85. The smallest absolute Gasteiger partial charge is 0.225 e. The van der Waals surface area contributed by atoms with Crippen molar-refractivity contribution < 1.29 is 14.6 Å². The van der Waals surface area contributed by atoms with Gasteiger partial charge in [-0.05, 0) is 37.5 Å². The summed E-state index contributed by atoms with van der Waals surface area (Å²) >= 11 is 0. The average Bonchev–Trinajstić information content (AvgIpc) is 2.35. The van der Waals surface area contributed by atoms with E-state index in [1.165, 1.54) is 0 Å². The lowest BCUT2D eigenvalue weighted by atomic mass is 9.79. The highest BCUT2D eigenvalue weighted by Gasteiger charge is 2.31. The maximum atomic E-state index is 12.3. The number of amides is 1. The minimum atomic E-state index is -0.446. The van der Waals surface area contributed by atoms with Gasteiger partial charge >= 0.3 is 0 Å². The van der Waals surface area contributed by atoms with Crippen molar-refractivity contribution in [3.8, 4) is 0 Å². The molecule has 20 heavy (non-hydrogen) atoms. The molecule has 0 aromatic carbocycles. The summed E-state index contributed by atoms with van der Waals surface area (Å²) in [6.45, 7) is 10.1. The SMILES string of the molecule is CC(C)CC(O)CNC(=O)C(C)(C)CC1CCOCC1. The van der Waals surface area contributed by atoms with E-state index >= 15 is 0 Å². The first-order chi connectivity index (χ1) is 9.31. The quantitative estimate of drug-likeness (QED) is 0.755. The molecule has 0 radical (unpaired) electrons. The fourth-order valence-corrected chi connectivity index (χ4v) is 2.84. The molecule has 1 fully saturated rings. The Morgan fingerprint density at radius 2 is 1.95 bits per heavy atom. The maximum Gasteiger partial charge on any atom is 0.225 e. The molecule has 1 saturated heterocycles. The van der Waals surface area contributed by atoms with Gasteiger partial charge in [-0.2, -0.15) is 0 Å². The van der Waals surface area contributed by atoms with Crippen molar-refractivity contribution in [3.63, 3.8) is 0 Å². The predicted molar refractivity (Wildman–Crippen MR) is 80.4 cm³/mol. The molecule has 0 aromatic heterocycles. The van der Waals surface area contributed by atoms with Crippen LogP contribution in [0.15, 0.2) is 0 Å². The molecular weight excluding hydrogens is 254 g/mol. The van der Waals surface area contributed by atoms with Gasteiger partial charge in [0.05, 0.1) is 6.10 Å². The second-order valence-electron chi connectivity index (χ2n) is 7.14. The van der Waals surface area contributed by atoms with E-state index in [4.69, 9.17) is 4.74 Å². The second kappa shape index (κ2) is 7.99. The van der Waals surface area contributed by atoms with Crippen molar-refractivity contribution in [3.05, 3.63) is 0 Å². The zero-order valence-corrected chi connectivity index (χ0v) is 13.4. The second-order valence-corrected chi connectivity index (χ2v) is 7.14. The Balaban J connectivity index is 2.35. The number of hydrogen-bond acceptors (Lipinski definition) is 3. The maximum absolute atomic E-state index is 12.3. The van der Waals surface area contributed by atoms with Gasteiger partial charge in [-0.3, -0.25) is 4.79 Å². The normalized spacial score (nSPS) is 19.1. The van der Waals surface area contributed by atoms with E-state index in [2.05, 4.69) is 19.2 Å². The van der Waals surface area contributed by atoms with Crippen LogP contribution in [0.5, 0.6) is 0 Å². The van der Waals surface area contributed by atoms with Gasteiger partial charge in [0.1, 0.15) is 0 Å². The fraction of sp³-hybridized carbons (Fsp3) is 0.938. The summed E-state index contributed by atoms with van der Waals surface area (Å²) in [4.78, 5) is 12.3. The van der Waals surface area contributed by atoms with Gasteiger partial charge in [-0.1, -0.05) is 27.7 Å². The summed E-state index contributed by atoms with van der Waals surface area (Å²) in [6.07, 6.45) is 3.26. The lowest BCUT2D eigenvalue weighted by molar-refractivity contribution is -0.131. The molecule has 1 rings (SSSR count). The molecule has 0 bridgehead atoms. The molecule has 4 heteroatoms. The Kier molecular flexibility index (Phi) is 6.96. The predicted octanol–water partition coefficient (Wildman–Crippen LogP) is 2.35. The number of carbonyl (C=O) groups excluding carboxylic acids is 1. The van der Waals surface area contributed by atoms with Crippen molar-refractivity contribution in [2.75, 3.05) is 19.8 Å². The van der Waals surface area contributed by atoms with Crippen LogP contribution in [0.2, 0.25) is 0 Å². The third-order valence-electron chi connectivity index (χ3n) is 4.00. The number of carbonyl (C=O) groups is 1. The molecule has 0 spiro atoms. The van der Waals surface area contributed by atoms with Gasteiger partial charge in [0.25, 0.3) is 0 Å². The van der Waals surface area contributed by atoms with Gasteiger partial charge in [-0.15, -0.1) is 0 Å².